The lowest BCUT2D eigenvalue weighted by atomic mass is 10.1. The first-order valence-corrected chi connectivity index (χ1v) is 8.68. The van der Waals surface area contributed by atoms with Gasteiger partial charge < -0.3 is 10.2 Å². The van der Waals surface area contributed by atoms with Crippen LogP contribution in [-0.2, 0) is 12.8 Å². The summed E-state index contributed by atoms with van der Waals surface area (Å²) in [6.45, 7) is 8.10. The van der Waals surface area contributed by atoms with Crippen molar-refractivity contribution in [3.63, 3.8) is 0 Å². The van der Waals surface area contributed by atoms with Crippen molar-refractivity contribution in [2.24, 2.45) is 0 Å². The molecule has 1 aromatic rings. The maximum atomic E-state index is 12.8. The lowest BCUT2D eigenvalue weighted by Gasteiger charge is -2.35. The van der Waals surface area contributed by atoms with Crippen LogP contribution in [0.25, 0.3) is 0 Å². The van der Waals surface area contributed by atoms with Crippen LogP contribution in [0.1, 0.15) is 27.2 Å². The van der Waals surface area contributed by atoms with E-state index in [9.17, 15) is 4.79 Å². The Balaban J connectivity index is 1.95. The Morgan fingerprint density at radius 3 is 3.00 bits per heavy atom. The van der Waals surface area contributed by atoms with Crippen LogP contribution in [0.15, 0.2) is 25.3 Å². The quantitative estimate of drug-likeness (QED) is 0.845. The van der Waals surface area contributed by atoms with E-state index in [0.717, 1.165) is 29.2 Å². The zero-order valence-corrected chi connectivity index (χ0v) is 13.0. The van der Waals surface area contributed by atoms with Crippen LogP contribution in [0.5, 0.6) is 0 Å². The largest absolute Gasteiger partial charge is 0.348 e. The molecule has 2 aliphatic rings. The first-order valence-electron chi connectivity index (χ1n) is 6.81. The summed E-state index contributed by atoms with van der Waals surface area (Å²) in [6, 6.07) is 0. The van der Waals surface area contributed by atoms with Crippen molar-refractivity contribution in [3.05, 3.63) is 41.3 Å². The third kappa shape index (κ3) is 2.19. The Bertz CT molecular complexity index is 564. The fraction of sp³-hybridized carbons (Fsp3) is 0.400. The van der Waals surface area contributed by atoms with Gasteiger partial charge in [-0.05, 0) is 24.8 Å². The number of nitrogens with zero attached hydrogens (tertiary/aromatic N) is 1. The van der Waals surface area contributed by atoms with Crippen molar-refractivity contribution >= 4 is 34.0 Å². The van der Waals surface area contributed by atoms with Gasteiger partial charge in [0.05, 0.1) is 5.56 Å². The SMILES string of the molecule is C=CCSC1Nc2sc3c(c2C(=O)N1CC=C)CCC3. The molecule has 1 aliphatic heterocycles. The molecular weight excluding hydrogens is 288 g/mol. The summed E-state index contributed by atoms with van der Waals surface area (Å²) in [7, 11) is 0. The molecule has 1 atom stereocenters. The van der Waals surface area contributed by atoms with E-state index in [1.54, 1.807) is 29.2 Å². The highest BCUT2D eigenvalue weighted by Crippen LogP contribution is 2.43. The van der Waals surface area contributed by atoms with Crippen molar-refractivity contribution in [2.75, 3.05) is 17.6 Å². The van der Waals surface area contributed by atoms with Gasteiger partial charge in [-0.2, -0.15) is 0 Å². The molecule has 0 fully saturated rings. The standard InChI is InChI=1S/C15H18N2OS2/c1-3-8-17-14(18)12-10-6-5-7-11(10)20-13(12)16-15(17)19-9-4-2/h3-4,15-16H,1-2,5-9H2. The van der Waals surface area contributed by atoms with E-state index in [2.05, 4.69) is 18.5 Å². The lowest BCUT2D eigenvalue weighted by Crippen LogP contribution is -2.46. The summed E-state index contributed by atoms with van der Waals surface area (Å²) in [4.78, 5) is 16.1. The molecule has 0 saturated heterocycles. The third-order valence-corrected chi connectivity index (χ3v) is 5.97. The van der Waals surface area contributed by atoms with Crippen molar-refractivity contribution in [1.29, 1.82) is 0 Å². The second-order valence-electron chi connectivity index (χ2n) is 4.93. The summed E-state index contributed by atoms with van der Waals surface area (Å²) in [5.74, 6) is 0.971. The number of nitrogens with one attached hydrogen (secondary N) is 1. The maximum Gasteiger partial charge on any atom is 0.259 e. The fourth-order valence-corrected chi connectivity index (χ4v) is 5.04. The maximum absolute atomic E-state index is 12.8. The topological polar surface area (TPSA) is 32.3 Å². The summed E-state index contributed by atoms with van der Waals surface area (Å²) in [5.41, 5.74) is 2.17. The van der Waals surface area contributed by atoms with E-state index in [0.29, 0.717) is 6.54 Å². The molecule has 0 spiro atoms. The molecule has 0 bridgehead atoms. The lowest BCUT2D eigenvalue weighted by molar-refractivity contribution is 0.0760. The van der Waals surface area contributed by atoms with Crippen molar-refractivity contribution in [2.45, 2.75) is 24.8 Å². The van der Waals surface area contributed by atoms with Gasteiger partial charge in [-0.3, -0.25) is 4.79 Å². The molecule has 20 heavy (non-hydrogen) atoms. The monoisotopic (exact) mass is 306 g/mol. The van der Waals surface area contributed by atoms with Gasteiger partial charge in [-0.1, -0.05) is 12.2 Å². The minimum atomic E-state index is -0.0234. The molecule has 3 rings (SSSR count). The number of rotatable bonds is 5. The minimum absolute atomic E-state index is 0.0234. The van der Waals surface area contributed by atoms with Crippen LogP contribution in [0, 0.1) is 0 Å². The predicted molar refractivity (Wildman–Crippen MR) is 87.6 cm³/mol. The molecule has 0 saturated carbocycles. The van der Waals surface area contributed by atoms with Crippen LogP contribution in [0.2, 0.25) is 0 Å². The molecule has 3 nitrogen and oxygen atoms in total. The van der Waals surface area contributed by atoms with Gasteiger partial charge in [0.25, 0.3) is 5.91 Å². The zero-order chi connectivity index (χ0) is 14.1. The van der Waals surface area contributed by atoms with Crippen LogP contribution >= 0.6 is 23.1 Å². The molecule has 1 aliphatic carbocycles. The Hall–Kier alpha value is -1.20. The average Bonchev–Trinajstić information content (AvgIpc) is 3.00. The number of hydrogen-bond donors (Lipinski definition) is 1. The smallest absolute Gasteiger partial charge is 0.259 e. The van der Waals surface area contributed by atoms with E-state index in [-0.39, 0.29) is 11.4 Å². The van der Waals surface area contributed by atoms with Crippen molar-refractivity contribution < 1.29 is 4.79 Å². The highest BCUT2D eigenvalue weighted by Gasteiger charge is 2.36. The number of carbonyl (C=O) groups excluding carboxylic acids is 1. The molecule has 5 heteroatoms. The van der Waals surface area contributed by atoms with Crippen molar-refractivity contribution in [1.82, 2.24) is 4.90 Å². The van der Waals surface area contributed by atoms with E-state index in [1.165, 1.54) is 16.9 Å². The van der Waals surface area contributed by atoms with E-state index in [4.69, 9.17) is 0 Å². The first-order chi connectivity index (χ1) is 9.76. The van der Waals surface area contributed by atoms with Gasteiger partial charge in [-0.15, -0.1) is 36.3 Å². The number of anilines is 1. The molecule has 1 unspecified atom stereocenters. The molecule has 1 amide bonds. The van der Waals surface area contributed by atoms with Crippen LogP contribution in [0.4, 0.5) is 5.00 Å². The summed E-state index contributed by atoms with van der Waals surface area (Å²) in [6.07, 6.45) is 7.00. The van der Waals surface area contributed by atoms with Gasteiger partial charge in [0.15, 0.2) is 5.50 Å². The normalized spacial score (nSPS) is 20.3. The molecule has 106 valence electrons. The Labute approximate surface area is 127 Å². The molecule has 1 aromatic heterocycles. The molecule has 1 N–H and O–H groups in total. The Morgan fingerprint density at radius 2 is 2.25 bits per heavy atom. The third-order valence-electron chi connectivity index (χ3n) is 3.63. The van der Waals surface area contributed by atoms with E-state index < -0.39 is 0 Å². The average molecular weight is 306 g/mol. The van der Waals surface area contributed by atoms with Gasteiger partial charge in [0.1, 0.15) is 5.00 Å². The van der Waals surface area contributed by atoms with Gasteiger partial charge in [-0.25, -0.2) is 0 Å². The van der Waals surface area contributed by atoms with Crippen LogP contribution in [-0.4, -0.2) is 28.6 Å². The zero-order valence-electron chi connectivity index (χ0n) is 11.4. The van der Waals surface area contributed by atoms with Crippen LogP contribution < -0.4 is 5.32 Å². The van der Waals surface area contributed by atoms with Gasteiger partial charge in [0, 0.05) is 17.2 Å². The van der Waals surface area contributed by atoms with Crippen LogP contribution in [0.3, 0.4) is 0 Å². The summed E-state index contributed by atoms with van der Waals surface area (Å²) in [5, 5.41) is 4.57. The van der Waals surface area contributed by atoms with Gasteiger partial charge >= 0.3 is 0 Å². The number of thioether (sulfide) groups is 1. The molecule has 2 heterocycles. The highest BCUT2D eigenvalue weighted by molar-refractivity contribution is 8.00. The second-order valence-corrected chi connectivity index (χ2v) is 7.14. The Kier molecular flexibility index (Phi) is 3.89. The molecule has 0 aromatic carbocycles. The number of fused-ring (bicyclic) bond motifs is 3. The molecule has 0 radical (unpaired) electrons. The summed E-state index contributed by atoms with van der Waals surface area (Å²) >= 11 is 3.45. The predicted octanol–water partition coefficient (Wildman–Crippen LogP) is 3.49. The number of thiophene rings is 1. The van der Waals surface area contributed by atoms with E-state index >= 15 is 0 Å². The second kappa shape index (κ2) is 5.66. The highest BCUT2D eigenvalue weighted by atomic mass is 32.2. The number of carbonyl (C=O) groups is 1. The summed E-state index contributed by atoms with van der Waals surface area (Å²) < 4.78 is 0. The van der Waals surface area contributed by atoms with Crippen molar-refractivity contribution in [3.8, 4) is 0 Å². The first kappa shape index (κ1) is 13.8. The number of hydrogen-bond acceptors (Lipinski definition) is 4. The number of amides is 1. The minimum Gasteiger partial charge on any atom is -0.348 e. The van der Waals surface area contributed by atoms with Gasteiger partial charge in [0.2, 0.25) is 0 Å². The van der Waals surface area contributed by atoms with E-state index in [1.807, 2.05) is 11.0 Å². The number of aryl methyl sites for hydroxylation is 1. The fourth-order valence-electron chi connectivity index (χ4n) is 2.78. The Morgan fingerprint density at radius 1 is 1.40 bits per heavy atom. The molecular formula is C15H18N2OS2.